The van der Waals surface area contributed by atoms with Crippen LogP contribution in [0.1, 0.15) is 57.9 Å². The van der Waals surface area contributed by atoms with Gasteiger partial charge in [-0.05, 0) is 36.5 Å². The monoisotopic (exact) mass is 378 g/mol. The zero-order valence-electron chi connectivity index (χ0n) is 16.3. The van der Waals surface area contributed by atoms with Gasteiger partial charge in [-0.2, -0.15) is 0 Å². The largest absolute Gasteiger partial charge is 0.480 e. The van der Waals surface area contributed by atoms with E-state index in [0.717, 1.165) is 37.7 Å². The molecule has 0 unspecified atom stereocenters. The Morgan fingerprint density at radius 3 is 2.41 bits per heavy atom. The minimum absolute atomic E-state index is 0.000991. The molecule has 1 aliphatic rings. The van der Waals surface area contributed by atoms with Crippen LogP contribution < -0.4 is 5.32 Å². The Morgan fingerprint density at radius 2 is 1.85 bits per heavy atom. The smallest absolute Gasteiger partial charge is 0.320 e. The molecule has 2 N–H and O–H groups in total. The van der Waals surface area contributed by atoms with E-state index in [9.17, 15) is 19.1 Å². The number of carboxylic acids is 1. The van der Waals surface area contributed by atoms with E-state index in [1.165, 1.54) is 18.6 Å². The summed E-state index contributed by atoms with van der Waals surface area (Å²) in [6.45, 7) is 4.23. The lowest BCUT2D eigenvalue weighted by atomic mass is 9.93. The van der Waals surface area contributed by atoms with Crippen LogP contribution in [0, 0.1) is 11.7 Å². The van der Waals surface area contributed by atoms with E-state index >= 15 is 0 Å². The summed E-state index contributed by atoms with van der Waals surface area (Å²) in [6, 6.07) is 5.62. The lowest BCUT2D eigenvalue weighted by molar-refractivity contribution is -0.141. The average Bonchev–Trinajstić information content (AvgIpc) is 2.67. The van der Waals surface area contributed by atoms with Gasteiger partial charge in [-0.3, -0.25) is 14.9 Å². The maximum Gasteiger partial charge on any atom is 0.320 e. The number of amides is 1. The third kappa shape index (κ3) is 6.31. The van der Waals surface area contributed by atoms with Crippen LogP contribution in [0.3, 0.4) is 0 Å². The van der Waals surface area contributed by atoms with Gasteiger partial charge >= 0.3 is 5.97 Å². The van der Waals surface area contributed by atoms with Crippen LogP contribution in [0.2, 0.25) is 0 Å². The molecule has 0 bridgehead atoms. The Morgan fingerprint density at radius 1 is 1.22 bits per heavy atom. The number of rotatable bonds is 9. The average molecular weight is 378 g/mol. The number of hydrogen-bond donors (Lipinski definition) is 2. The van der Waals surface area contributed by atoms with Crippen molar-refractivity contribution in [2.45, 2.75) is 71.0 Å². The van der Waals surface area contributed by atoms with Crippen molar-refractivity contribution in [3.05, 3.63) is 35.6 Å². The third-order valence-corrected chi connectivity index (χ3v) is 5.55. The van der Waals surface area contributed by atoms with Gasteiger partial charge in [0.05, 0.1) is 6.54 Å². The summed E-state index contributed by atoms with van der Waals surface area (Å²) in [5.74, 6) is -1.38. The molecule has 1 aliphatic carbocycles. The molecule has 0 saturated heterocycles. The quantitative estimate of drug-likeness (QED) is 0.689. The summed E-state index contributed by atoms with van der Waals surface area (Å²) in [6.07, 6.45) is 6.01. The van der Waals surface area contributed by atoms with Gasteiger partial charge in [0, 0.05) is 12.6 Å². The number of carbonyl (C=O) groups excluding carboxylic acids is 1. The van der Waals surface area contributed by atoms with Crippen molar-refractivity contribution in [3.63, 3.8) is 0 Å². The number of aliphatic carboxylic acids is 1. The van der Waals surface area contributed by atoms with Gasteiger partial charge in [0.2, 0.25) is 5.91 Å². The summed E-state index contributed by atoms with van der Waals surface area (Å²) in [7, 11) is 0. The molecule has 1 saturated carbocycles. The van der Waals surface area contributed by atoms with Crippen LogP contribution in [-0.4, -0.2) is 40.5 Å². The van der Waals surface area contributed by atoms with Crippen LogP contribution in [0.5, 0.6) is 0 Å². The van der Waals surface area contributed by atoms with Gasteiger partial charge in [-0.25, -0.2) is 4.39 Å². The van der Waals surface area contributed by atoms with Crippen LogP contribution in [0.15, 0.2) is 24.3 Å². The first kappa shape index (κ1) is 21.4. The molecule has 0 spiro atoms. The Kier molecular flexibility index (Phi) is 8.23. The van der Waals surface area contributed by atoms with E-state index in [-0.39, 0.29) is 30.2 Å². The van der Waals surface area contributed by atoms with E-state index in [1.54, 1.807) is 12.1 Å². The maximum atomic E-state index is 13.2. The lowest BCUT2D eigenvalue weighted by Crippen LogP contribution is -2.49. The molecule has 27 heavy (non-hydrogen) atoms. The van der Waals surface area contributed by atoms with Crippen molar-refractivity contribution >= 4 is 11.9 Å². The van der Waals surface area contributed by atoms with E-state index in [2.05, 4.69) is 5.32 Å². The zero-order valence-corrected chi connectivity index (χ0v) is 16.3. The van der Waals surface area contributed by atoms with E-state index < -0.39 is 12.0 Å². The van der Waals surface area contributed by atoms with Crippen molar-refractivity contribution in [2.75, 3.05) is 6.54 Å². The molecule has 1 aromatic carbocycles. The number of halogens is 1. The first-order valence-corrected chi connectivity index (χ1v) is 9.92. The van der Waals surface area contributed by atoms with E-state index in [0.29, 0.717) is 6.54 Å². The number of nitrogens with zero attached hydrogens (tertiary/aromatic N) is 1. The van der Waals surface area contributed by atoms with Crippen LogP contribution in [-0.2, 0) is 16.1 Å². The molecule has 0 radical (unpaired) electrons. The van der Waals surface area contributed by atoms with E-state index in [4.69, 9.17) is 0 Å². The van der Waals surface area contributed by atoms with Gasteiger partial charge in [0.15, 0.2) is 0 Å². The second-order valence-corrected chi connectivity index (χ2v) is 7.52. The molecule has 2 rings (SSSR count). The highest BCUT2D eigenvalue weighted by atomic mass is 19.1. The molecule has 1 aromatic rings. The number of carbonyl (C=O) groups is 2. The highest BCUT2D eigenvalue weighted by Gasteiger charge is 2.28. The summed E-state index contributed by atoms with van der Waals surface area (Å²) in [4.78, 5) is 26.3. The summed E-state index contributed by atoms with van der Waals surface area (Å²) in [5.41, 5.74) is 0.882. The fourth-order valence-electron chi connectivity index (χ4n) is 3.67. The van der Waals surface area contributed by atoms with Crippen molar-refractivity contribution < 1.29 is 19.1 Å². The highest BCUT2D eigenvalue weighted by Crippen LogP contribution is 2.24. The van der Waals surface area contributed by atoms with Crippen molar-refractivity contribution in [1.29, 1.82) is 0 Å². The summed E-state index contributed by atoms with van der Waals surface area (Å²) < 4.78 is 13.2. The van der Waals surface area contributed by atoms with Crippen molar-refractivity contribution in [2.24, 2.45) is 5.92 Å². The topological polar surface area (TPSA) is 69.6 Å². The fourth-order valence-corrected chi connectivity index (χ4v) is 3.67. The normalized spacial score (nSPS) is 17.3. The molecule has 6 heteroatoms. The second-order valence-electron chi connectivity index (χ2n) is 7.52. The standard InChI is InChI=1S/C21H31FN2O3/c1-3-15(2)20(21(26)27)23-13-19(25)24(18-7-5-4-6-8-18)14-16-9-11-17(22)12-10-16/h9-12,15,18,20,23H,3-8,13-14H2,1-2H3,(H,26,27)/t15-,20-/m0/s1. The Labute approximate surface area is 160 Å². The van der Waals surface area contributed by atoms with Gasteiger partial charge in [-0.1, -0.05) is 51.7 Å². The zero-order chi connectivity index (χ0) is 19.8. The number of hydrogen-bond acceptors (Lipinski definition) is 3. The first-order valence-electron chi connectivity index (χ1n) is 9.92. The number of nitrogens with one attached hydrogen (secondary N) is 1. The first-order chi connectivity index (χ1) is 12.9. The number of benzene rings is 1. The summed E-state index contributed by atoms with van der Waals surface area (Å²) in [5, 5.41) is 12.3. The molecular weight excluding hydrogens is 347 g/mol. The molecule has 150 valence electrons. The van der Waals surface area contributed by atoms with Crippen LogP contribution in [0.4, 0.5) is 4.39 Å². The molecule has 1 fully saturated rings. The predicted molar refractivity (Wildman–Crippen MR) is 103 cm³/mol. The van der Waals surface area contributed by atoms with Gasteiger partial charge in [0.1, 0.15) is 11.9 Å². The van der Waals surface area contributed by atoms with Gasteiger partial charge in [-0.15, -0.1) is 0 Å². The molecule has 0 aliphatic heterocycles. The minimum atomic E-state index is -0.931. The van der Waals surface area contributed by atoms with Crippen molar-refractivity contribution in [3.8, 4) is 0 Å². The Balaban J connectivity index is 2.07. The van der Waals surface area contributed by atoms with Gasteiger partial charge < -0.3 is 10.0 Å². The minimum Gasteiger partial charge on any atom is -0.480 e. The molecule has 0 aromatic heterocycles. The highest BCUT2D eigenvalue weighted by molar-refractivity contribution is 5.80. The second kappa shape index (κ2) is 10.4. The molecular formula is C21H31FN2O3. The molecule has 5 nitrogen and oxygen atoms in total. The van der Waals surface area contributed by atoms with Crippen LogP contribution in [0.25, 0.3) is 0 Å². The predicted octanol–water partition coefficient (Wildman–Crippen LogP) is 3.58. The van der Waals surface area contributed by atoms with Crippen LogP contribution >= 0.6 is 0 Å². The Bertz CT molecular complexity index is 614. The SMILES string of the molecule is CC[C@H](C)[C@H](NCC(=O)N(Cc1ccc(F)cc1)C1CCCCC1)C(=O)O. The summed E-state index contributed by atoms with van der Waals surface area (Å²) >= 11 is 0. The Hall–Kier alpha value is -1.95. The third-order valence-electron chi connectivity index (χ3n) is 5.55. The van der Waals surface area contributed by atoms with Crippen molar-refractivity contribution in [1.82, 2.24) is 10.2 Å². The van der Waals surface area contributed by atoms with Gasteiger partial charge in [0.25, 0.3) is 0 Å². The fraction of sp³-hybridized carbons (Fsp3) is 0.619. The molecule has 1 amide bonds. The number of carboxylic acid groups (broad SMARTS) is 1. The molecule has 0 heterocycles. The maximum absolute atomic E-state index is 13.2. The lowest BCUT2D eigenvalue weighted by Gasteiger charge is -2.35. The molecule has 2 atom stereocenters. The van der Waals surface area contributed by atoms with E-state index in [1.807, 2.05) is 18.7 Å².